The zero-order valence-corrected chi connectivity index (χ0v) is 16.8. The standard InChI is InChI=1S/C19H24F2N4O2S/c1-11(2)8-13-4-6-14-17(28(22,27)24-13)10-25(3)18(14)19(26)23-12-5-7-15(20)16(21)9-12/h5,7,9-11,13H,4,6,8H2,1-3H3,(H,23,26)(H2,22,24,27)/t13-,28?/m1/s1. The van der Waals surface area contributed by atoms with Crippen LogP contribution < -0.4 is 10.0 Å². The second-order valence-corrected chi connectivity index (χ2v) is 9.34. The number of carbonyl (C=O) groups is 1. The lowest BCUT2D eigenvalue weighted by Gasteiger charge is -2.19. The van der Waals surface area contributed by atoms with Gasteiger partial charge in [-0.25, -0.2) is 22.5 Å². The highest BCUT2D eigenvalue weighted by atomic mass is 32.2. The monoisotopic (exact) mass is 410 g/mol. The number of aryl methyl sites for hydroxylation is 1. The lowest BCUT2D eigenvalue weighted by atomic mass is 9.98. The number of fused-ring (bicyclic) bond motifs is 1. The molecule has 0 spiro atoms. The van der Waals surface area contributed by atoms with Crippen LogP contribution in [-0.4, -0.2) is 20.7 Å². The summed E-state index contributed by atoms with van der Waals surface area (Å²) in [6, 6.07) is 3.03. The highest BCUT2D eigenvalue weighted by Gasteiger charge is 2.31. The maximum absolute atomic E-state index is 13.4. The molecule has 2 aromatic rings. The van der Waals surface area contributed by atoms with Crippen molar-refractivity contribution in [1.29, 1.82) is 4.78 Å². The van der Waals surface area contributed by atoms with Crippen LogP contribution in [0, 0.1) is 22.3 Å². The molecule has 1 aliphatic rings. The second kappa shape index (κ2) is 7.63. The van der Waals surface area contributed by atoms with Gasteiger partial charge < -0.3 is 9.88 Å². The van der Waals surface area contributed by atoms with E-state index in [1.165, 1.54) is 16.8 Å². The van der Waals surface area contributed by atoms with Crippen LogP contribution in [0.2, 0.25) is 0 Å². The minimum atomic E-state index is -3.25. The van der Waals surface area contributed by atoms with Crippen LogP contribution in [-0.2, 0) is 23.4 Å². The predicted molar refractivity (Wildman–Crippen MR) is 104 cm³/mol. The van der Waals surface area contributed by atoms with Crippen molar-refractivity contribution in [3.05, 3.63) is 47.3 Å². The molecule has 6 nitrogen and oxygen atoms in total. The van der Waals surface area contributed by atoms with Crippen LogP contribution in [0.3, 0.4) is 0 Å². The molecular weight excluding hydrogens is 386 g/mol. The van der Waals surface area contributed by atoms with E-state index >= 15 is 0 Å². The van der Waals surface area contributed by atoms with Gasteiger partial charge in [0.25, 0.3) is 5.91 Å². The molecule has 1 aliphatic heterocycles. The summed E-state index contributed by atoms with van der Waals surface area (Å²) in [5.41, 5.74) is 0.947. The number of carbonyl (C=O) groups excluding carboxylic acids is 1. The van der Waals surface area contributed by atoms with Crippen molar-refractivity contribution < 1.29 is 17.8 Å². The first-order chi connectivity index (χ1) is 13.1. The lowest BCUT2D eigenvalue weighted by molar-refractivity contribution is 0.101. The molecule has 2 atom stereocenters. The predicted octanol–water partition coefficient (Wildman–Crippen LogP) is 3.83. The first-order valence-corrected chi connectivity index (χ1v) is 10.6. The van der Waals surface area contributed by atoms with E-state index < -0.39 is 27.5 Å². The number of halogens is 2. The Labute approximate surface area is 163 Å². The lowest BCUT2D eigenvalue weighted by Crippen LogP contribution is -2.33. The van der Waals surface area contributed by atoms with Gasteiger partial charge in [0, 0.05) is 36.6 Å². The van der Waals surface area contributed by atoms with E-state index in [1.54, 1.807) is 7.05 Å². The number of rotatable bonds is 4. The Kier molecular flexibility index (Phi) is 5.58. The molecule has 1 aromatic heterocycles. The van der Waals surface area contributed by atoms with Gasteiger partial charge in [-0.1, -0.05) is 13.8 Å². The van der Waals surface area contributed by atoms with Gasteiger partial charge in [-0.3, -0.25) is 4.79 Å². The Morgan fingerprint density at radius 2 is 2.11 bits per heavy atom. The van der Waals surface area contributed by atoms with Crippen molar-refractivity contribution in [2.24, 2.45) is 13.0 Å². The Hall–Kier alpha value is -2.26. The van der Waals surface area contributed by atoms with E-state index in [0.717, 1.165) is 18.6 Å². The van der Waals surface area contributed by atoms with Gasteiger partial charge in [0.1, 0.15) is 15.6 Å². The van der Waals surface area contributed by atoms with Crippen LogP contribution in [0.1, 0.15) is 42.7 Å². The largest absolute Gasteiger partial charge is 0.345 e. The summed E-state index contributed by atoms with van der Waals surface area (Å²) in [6.07, 6.45) is 3.46. The molecule has 3 rings (SSSR count). The maximum Gasteiger partial charge on any atom is 0.272 e. The average molecular weight is 410 g/mol. The summed E-state index contributed by atoms with van der Waals surface area (Å²) in [4.78, 5) is 13.1. The molecule has 1 unspecified atom stereocenters. The minimum Gasteiger partial charge on any atom is -0.345 e. The van der Waals surface area contributed by atoms with Gasteiger partial charge in [0.15, 0.2) is 11.6 Å². The van der Waals surface area contributed by atoms with Crippen molar-refractivity contribution in [2.75, 3.05) is 5.32 Å². The van der Waals surface area contributed by atoms with Gasteiger partial charge in [-0.2, -0.15) is 0 Å². The molecule has 0 saturated heterocycles. The molecular formula is C19H24F2N4O2S. The van der Waals surface area contributed by atoms with E-state index in [9.17, 15) is 17.8 Å². The highest BCUT2D eigenvalue weighted by Crippen LogP contribution is 2.29. The number of benzene rings is 1. The topological polar surface area (TPSA) is 87.0 Å². The minimum absolute atomic E-state index is 0.0789. The normalized spacial score (nSPS) is 22.0. The van der Waals surface area contributed by atoms with Crippen molar-refractivity contribution in [1.82, 2.24) is 9.29 Å². The summed E-state index contributed by atoms with van der Waals surface area (Å²) < 4.78 is 52.3. The fourth-order valence-corrected chi connectivity index (χ4v) is 5.27. The SMILES string of the molecule is CC(C)C[C@H]1CCc2c(cn(C)c2C(=O)Nc2ccc(F)c(F)c2)S(=N)(=O)N1. The molecule has 1 aromatic carbocycles. The van der Waals surface area contributed by atoms with Crippen LogP contribution in [0.15, 0.2) is 29.3 Å². The van der Waals surface area contributed by atoms with Gasteiger partial charge >= 0.3 is 0 Å². The average Bonchev–Trinajstić information content (AvgIpc) is 2.87. The fraction of sp³-hybridized carbons (Fsp3) is 0.421. The molecule has 152 valence electrons. The fourth-order valence-electron chi connectivity index (χ4n) is 3.61. The molecule has 0 aliphatic carbocycles. The third-order valence-electron chi connectivity index (χ3n) is 4.78. The third kappa shape index (κ3) is 4.10. The van der Waals surface area contributed by atoms with Crippen LogP contribution in [0.5, 0.6) is 0 Å². The Morgan fingerprint density at radius 3 is 2.75 bits per heavy atom. The van der Waals surface area contributed by atoms with Gasteiger partial charge in [0.05, 0.1) is 4.90 Å². The quantitative estimate of drug-likeness (QED) is 0.715. The Morgan fingerprint density at radius 1 is 1.39 bits per heavy atom. The molecule has 0 radical (unpaired) electrons. The summed E-state index contributed by atoms with van der Waals surface area (Å²) in [5.74, 6) is -2.19. The van der Waals surface area contributed by atoms with E-state index in [4.69, 9.17) is 4.78 Å². The zero-order valence-electron chi connectivity index (χ0n) is 16.0. The van der Waals surface area contributed by atoms with E-state index in [1.807, 2.05) is 0 Å². The number of nitrogens with one attached hydrogen (secondary N) is 3. The smallest absolute Gasteiger partial charge is 0.272 e. The number of hydrogen-bond acceptors (Lipinski definition) is 3. The molecule has 1 amide bonds. The van der Waals surface area contributed by atoms with Crippen molar-refractivity contribution >= 4 is 21.5 Å². The molecule has 3 N–H and O–H groups in total. The van der Waals surface area contributed by atoms with E-state index in [0.29, 0.717) is 29.2 Å². The summed E-state index contributed by atoms with van der Waals surface area (Å²) in [6.45, 7) is 4.12. The van der Waals surface area contributed by atoms with Crippen LogP contribution in [0.25, 0.3) is 0 Å². The third-order valence-corrected chi connectivity index (χ3v) is 6.42. The molecule has 0 bridgehead atoms. The molecule has 9 heteroatoms. The van der Waals surface area contributed by atoms with Crippen molar-refractivity contribution in [2.45, 2.75) is 44.0 Å². The number of anilines is 1. The molecule has 0 saturated carbocycles. The van der Waals surface area contributed by atoms with Gasteiger partial charge in [-0.15, -0.1) is 0 Å². The number of aromatic nitrogens is 1. The molecule has 0 fully saturated rings. The van der Waals surface area contributed by atoms with Crippen LogP contribution >= 0.6 is 0 Å². The van der Waals surface area contributed by atoms with Crippen molar-refractivity contribution in [3.63, 3.8) is 0 Å². The van der Waals surface area contributed by atoms with Gasteiger partial charge in [-0.05, 0) is 37.3 Å². The van der Waals surface area contributed by atoms with E-state index in [-0.39, 0.29) is 17.4 Å². The number of amides is 1. The highest BCUT2D eigenvalue weighted by molar-refractivity contribution is 7.90. The van der Waals surface area contributed by atoms with Crippen LogP contribution in [0.4, 0.5) is 14.5 Å². The molecule has 28 heavy (non-hydrogen) atoms. The van der Waals surface area contributed by atoms with Gasteiger partial charge in [0.2, 0.25) is 0 Å². The number of hydrogen-bond donors (Lipinski definition) is 3. The Balaban J connectivity index is 1.93. The first-order valence-electron chi connectivity index (χ1n) is 9.09. The summed E-state index contributed by atoms with van der Waals surface area (Å²) >= 11 is 0. The van der Waals surface area contributed by atoms with E-state index in [2.05, 4.69) is 23.9 Å². The second-order valence-electron chi connectivity index (χ2n) is 7.55. The Bertz CT molecular complexity index is 1020. The maximum atomic E-state index is 13.4. The molecule has 2 heterocycles. The number of nitrogens with zero attached hydrogens (tertiary/aromatic N) is 1. The van der Waals surface area contributed by atoms with Crippen molar-refractivity contribution in [3.8, 4) is 0 Å². The summed E-state index contributed by atoms with van der Waals surface area (Å²) in [5, 5.41) is 2.55. The summed E-state index contributed by atoms with van der Waals surface area (Å²) in [7, 11) is -1.62. The zero-order chi connectivity index (χ0) is 20.6. The first kappa shape index (κ1) is 20.5.